The third-order valence-corrected chi connectivity index (χ3v) is 1.73. The summed E-state index contributed by atoms with van der Waals surface area (Å²) in [5.41, 5.74) is 0. The van der Waals surface area contributed by atoms with Crippen LogP contribution in [-0.2, 0) is 10.1 Å². The molecule has 0 amide bonds. The first kappa shape index (κ1) is 9.91. The quantitative estimate of drug-likeness (QED) is 0.642. The lowest BCUT2D eigenvalue weighted by Gasteiger charge is -2.00. The zero-order valence-corrected chi connectivity index (χ0v) is 7.06. The maximum Gasteiger partial charge on any atom is 0.269 e. The van der Waals surface area contributed by atoms with Crippen molar-refractivity contribution in [2.24, 2.45) is 5.92 Å². The molecule has 3 nitrogen and oxygen atoms in total. The van der Waals surface area contributed by atoms with Gasteiger partial charge in [0.15, 0.2) is 0 Å². The van der Waals surface area contributed by atoms with Gasteiger partial charge in [0.1, 0.15) is 5.75 Å². The standard InChI is InChI=1S/C6H13O3S/c1-6(2)4-3-5-10(7,8)9/h5-6H,3-4H2,1-2H3,(H,7,8,9). The predicted octanol–water partition coefficient (Wildman–Crippen LogP) is 1.47. The minimum Gasteiger partial charge on any atom is -0.285 e. The molecule has 0 aromatic rings. The van der Waals surface area contributed by atoms with Crippen molar-refractivity contribution in [3.05, 3.63) is 5.75 Å². The van der Waals surface area contributed by atoms with Gasteiger partial charge in [-0.1, -0.05) is 13.8 Å². The van der Waals surface area contributed by atoms with Crippen molar-refractivity contribution in [2.75, 3.05) is 0 Å². The highest BCUT2D eigenvalue weighted by Gasteiger charge is 2.04. The van der Waals surface area contributed by atoms with Gasteiger partial charge in [0, 0.05) is 0 Å². The average molecular weight is 165 g/mol. The Balaban J connectivity index is 3.39. The Morgan fingerprint density at radius 3 is 2.30 bits per heavy atom. The van der Waals surface area contributed by atoms with Crippen LogP contribution in [0, 0.1) is 11.7 Å². The second-order valence-electron chi connectivity index (χ2n) is 2.65. The molecule has 1 N–H and O–H groups in total. The maximum absolute atomic E-state index is 10.1. The van der Waals surface area contributed by atoms with Crippen molar-refractivity contribution in [1.29, 1.82) is 0 Å². The summed E-state index contributed by atoms with van der Waals surface area (Å²) in [6.07, 6.45) is 1.22. The van der Waals surface area contributed by atoms with Gasteiger partial charge in [-0.15, -0.1) is 0 Å². The van der Waals surface area contributed by atoms with E-state index >= 15 is 0 Å². The smallest absolute Gasteiger partial charge is 0.269 e. The van der Waals surface area contributed by atoms with Gasteiger partial charge in [0.25, 0.3) is 10.1 Å². The van der Waals surface area contributed by atoms with Crippen LogP contribution >= 0.6 is 0 Å². The van der Waals surface area contributed by atoms with Crippen LogP contribution in [0.5, 0.6) is 0 Å². The lowest BCUT2D eigenvalue weighted by Crippen LogP contribution is -1.98. The Kier molecular flexibility index (Phi) is 3.89. The van der Waals surface area contributed by atoms with Gasteiger partial charge >= 0.3 is 0 Å². The first-order chi connectivity index (χ1) is 4.42. The Hall–Kier alpha value is -0.0900. The molecule has 0 aromatic heterocycles. The fraction of sp³-hybridized carbons (Fsp3) is 0.833. The van der Waals surface area contributed by atoms with Gasteiger partial charge in [0.05, 0.1) is 0 Å². The molecule has 0 saturated carbocycles. The van der Waals surface area contributed by atoms with Gasteiger partial charge < -0.3 is 0 Å². The molecule has 61 valence electrons. The molecule has 1 radical (unpaired) electrons. The van der Waals surface area contributed by atoms with E-state index < -0.39 is 10.1 Å². The molecule has 0 aromatic carbocycles. The molecule has 0 heterocycles. The Labute approximate surface area is 62.2 Å². The predicted molar refractivity (Wildman–Crippen MR) is 39.9 cm³/mol. The second kappa shape index (κ2) is 3.93. The van der Waals surface area contributed by atoms with E-state index in [9.17, 15) is 8.42 Å². The van der Waals surface area contributed by atoms with Crippen molar-refractivity contribution < 1.29 is 13.0 Å². The van der Waals surface area contributed by atoms with Crippen molar-refractivity contribution in [2.45, 2.75) is 26.7 Å². The zero-order valence-electron chi connectivity index (χ0n) is 6.24. The number of hydrogen-bond donors (Lipinski definition) is 1. The van der Waals surface area contributed by atoms with Gasteiger partial charge in [-0.05, 0) is 18.8 Å². The lowest BCUT2D eigenvalue weighted by molar-refractivity contribution is 0.484. The highest BCUT2D eigenvalue weighted by molar-refractivity contribution is 7.87. The third kappa shape index (κ3) is 7.91. The SMILES string of the molecule is CC(C)CC[CH]S(=O)(=O)O. The highest BCUT2D eigenvalue weighted by atomic mass is 32.2. The molecule has 0 atom stereocenters. The van der Waals surface area contributed by atoms with Gasteiger partial charge in [-0.3, -0.25) is 4.55 Å². The Morgan fingerprint density at radius 2 is 2.00 bits per heavy atom. The molecular weight excluding hydrogens is 152 g/mol. The molecule has 0 aliphatic heterocycles. The molecule has 0 rings (SSSR count). The maximum atomic E-state index is 10.1. The van der Waals surface area contributed by atoms with Crippen LogP contribution in [0.25, 0.3) is 0 Å². The normalized spacial score (nSPS) is 12.4. The fourth-order valence-electron chi connectivity index (χ4n) is 0.550. The van der Waals surface area contributed by atoms with Gasteiger partial charge in [0.2, 0.25) is 0 Å². The first-order valence-corrected chi connectivity index (χ1v) is 4.73. The zero-order chi connectivity index (χ0) is 8.20. The van der Waals surface area contributed by atoms with E-state index in [1.54, 1.807) is 0 Å². The van der Waals surface area contributed by atoms with Crippen LogP contribution in [-0.4, -0.2) is 13.0 Å². The van der Waals surface area contributed by atoms with Crippen molar-refractivity contribution in [3.8, 4) is 0 Å². The van der Waals surface area contributed by atoms with Crippen LogP contribution in [0.2, 0.25) is 0 Å². The monoisotopic (exact) mass is 165 g/mol. The third-order valence-electron chi connectivity index (χ3n) is 1.07. The van der Waals surface area contributed by atoms with E-state index in [1.807, 2.05) is 13.8 Å². The fourth-order valence-corrected chi connectivity index (χ4v) is 0.984. The Bertz CT molecular complexity index is 169. The molecule has 0 fully saturated rings. The summed E-state index contributed by atoms with van der Waals surface area (Å²) in [5.74, 6) is 1.41. The average Bonchev–Trinajstić information content (AvgIpc) is 1.59. The second-order valence-corrected chi connectivity index (χ2v) is 4.02. The molecule has 0 spiro atoms. The molecule has 4 heteroatoms. The summed E-state index contributed by atoms with van der Waals surface area (Å²) in [7, 11) is -3.84. The van der Waals surface area contributed by atoms with Crippen LogP contribution < -0.4 is 0 Å². The summed E-state index contributed by atoms with van der Waals surface area (Å²) in [4.78, 5) is 0. The Morgan fingerprint density at radius 1 is 1.50 bits per heavy atom. The lowest BCUT2D eigenvalue weighted by atomic mass is 10.1. The summed E-state index contributed by atoms with van der Waals surface area (Å²) in [5, 5.41) is 0. The molecule has 0 aliphatic rings. The molecule has 0 bridgehead atoms. The topological polar surface area (TPSA) is 54.4 Å². The van der Waals surface area contributed by atoms with E-state index in [1.165, 1.54) is 0 Å². The summed E-state index contributed by atoms with van der Waals surface area (Å²) in [6, 6.07) is 0. The van der Waals surface area contributed by atoms with Crippen LogP contribution in [0.15, 0.2) is 0 Å². The van der Waals surface area contributed by atoms with Crippen molar-refractivity contribution in [1.82, 2.24) is 0 Å². The van der Waals surface area contributed by atoms with E-state index in [0.717, 1.165) is 12.2 Å². The summed E-state index contributed by atoms with van der Waals surface area (Å²) >= 11 is 0. The molecule has 10 heavy (non-hydrogen) atoms. The first-order valence-electron chi connectivity index (χ1n) is 3.22. The van der Waals surface area contributed by atoms with Crippen LogP contribution in [0.1, 0.15) is 26.7 Å². The van der Waals surface area contributed by atoms with E-state index in [0.29, 0.717) is 12.3 Å². The minimum atomic E-state index is -3.84. The summed E-state index contributed by atoms with van der Waals surface area (Å²) < 4.78 is 28.5. The minimum absolute atomic E-state index is 0.427. The highest BCUT2D eigenvalue weighted by Crippen LogP contribution is 2.07. The number of rotatable bonds is 4. The molecule has 0 aliphatic carbocycles. The van der Waals surface area contributed by atoms with E-state index in [2.05, 4.69) is 0 Å². The van der Waals surface area contributed by atoms with Crippen molar-refractivity contribution in [3.63, 3.8) is 0 Å². The van der Waals surface area contributed by atoms with Gasteiger partial charge in [-0.25, -0.2) is 0 Å². The molecule has 0 unspecified atom stereocenters. The van der Waals surface area contributed by atoms with E-state index in [-0.39, 0.29) is 0 Å². The summed E-state index contributed by atoms with van der Waals surface area (Å²) in [6.45, 7) is 4.00. The van der Waals surface area contributed by atoms with Crippen molar-refractivity contribution >= 4 is 10.1 Å². The van der Waals surface area contributed by atoms with Gasteiger partial charge in [-0.2, -0.15) is 8.42 Å². The largest absolute Gasteiger partial charge is 0.285 e. The molecular formula is C6H13O3S. The number of hydrogen-bond acceptors (Lipinski definition) is 2. The van der Waals surface area contributed by atoms with E-state index in [4.69, 9.17) is 4.55 Å². The molecule has 0 saturated heterocycles. The van der Waals surface area contributed by atoms with Crippen LogP contribution in [0.4, 0.5) is 0 Å². The van der Waals surface area contributed by atoms with Crippen LogP contribution in [0.3, 0.4) is 0 Å².